The molecule has 3 aromatic rings. The molecule has 0 unspecified atom stereocenters. The number of rotatable bonds is 4. The van der Waals surface area contributed by atoms with Crippen LogP contribution in [0.1, 0.15) is 22.6 Å². The fraction of sp³-hybridized carbons (Fsp3) is 0.182. The zero-order chi connectivity index (χ0) is 17.4. The number of fused-ring (bicyclic) bond motifs is 3. The summed E-state index contributed by atoms with van der Waals surface area (Å²) in [6, 6.07) is 20.9. The van der Waals surface area contributed by atoms with Crippen LogP contribution in [0.15, 0.2) is 60.7 Å². The maximum atomic E-state index is 5.71. The van der Waals surface area contributed by atoms with Crippen molar-refractivity contribution in [2.75, 3.05) is 21.3 Å². The molecule has 0 radical (unpaired) electrons. The lowest BCUT2D eigenvalue weighted by Crippen LogP contribution is -2.05. The van der Waals surface area contributed by atoms with Gasteiger partial charge < -0.3 is 14.2 Å². The third kappa shape index (κ3) is 2.35. The number of methoxy groups -OCH3 is 3. The van der Waals surface area contributed by atoms with E-state index >= 15 is 0 Å². The van der Waals surface area contributed by atoms with Gasteiger partial charge in [0.15, 0.2) is 0 Å². The highest BCUT2D eigenvalue weighted by Gasteiger charge is 2.33. The van der Waals surface area contributed by atoms with Crippen LogP contribution in [0.25, 0.3) is 11.1 Å². The minimum Gasteiger partial charge on any atom is -0.496 e. The molecule has 0 bridgehead atoms. The Hall–Kier alpha value is -2.94. The number of ether oxygens (including phenoxy) is 3. The lowest BCUT2D eigenvalue weighted by molar-refractivity contribution is 0.368. The number of hydrogen-bond acceptors (Lipinski definition) is 3. The molecule has 126 valence electrons. The van der Waals surface area contributed by atoms with Crippen LogP contribution in [0.5, 0.6) is 17.2 Å². The van der Waals surface area contributed by atoms with E-state index in [1.54, 1.807) is 21.3 Å². The Labute approximate surface area is 147 Å². The average Bonchev–Trinajstić information content (AvgIpc) is 3.01. The summed E-state index contributed by atoms with van der Waals surface area (Å²) in [5.74, 6) is 2.33. The molecule has 4 rings (SSSR count). The van der Waals surface area contributed by atoms with Gasteiger partial charge in [-0.05, 0) is 22.3 Å². The van der Waals surface area contributed by atoms with E-state index in [1.807, 2.05) is 12.1 Å². The van der Waals surface area contributed by atoms with Crippen molar-refractivity contribution in [2.24, 2.45) is 0 Å². The third-order valence-electron chi connectivity index (χ3n) is 4.88. The standard InChI is InChI=1S/C22H20O3/c1-23-14-12-19(24-2)22(20(13-14)25-3)21-17-10-6-4-8-15(17)16-9-5-7-11-18(16)21/h4-13,21H,1-3H3. The van der Waals surface area contributed by atoms with Crippen molar-refractivity contribution in [3.05, 3.63) is 77.4 Å². The van der Waals surface area contributed by atoms with E-state index in [0.29, 0.717) is 0 Å². The van der Waals surface area contributed by atoms with Gasteiger partial charge in [-0.3, -0.25) is 0 Å². The Bertz CT molecular complexity index is 860. The summed E-state index contributed by atoms with van der Waals surface area (Å²) in [6.45, 7) is 0. The number of hydrogen-bond donors (Lipinski definition) is 0. The van der Waals surface area contributed by atoms with Gasteiger partial charge in [0.2, 0.25) is 0 Å². The summed E-state index contributed by atoms with van der Waals surface area (Å²) in [4.78, 5) is 0. The second-order valence-electron chi connectivity index (χ2n) is 6.05. The van der Waals surface area contributed by atoms with Crippen LogP contribution >= 0.6 is 0 Å². The molecule has 3 aromatic carbocycles. The Morgan fingerprint density at radius 3 is 1.56 bits per heavy atom. The molecule has 0 N–H and O–H groups in total. The van der Waals surface area contributed by atoms with E-state index < -0.39 is 0 Å². The molecule has 3 nitrogen and oxygen atoms in total. The van der Waals surface area contributed by atoms with Crippen molar-refractivity contribution in [1.82, 2.24) is 0 Å². The van der Waals surface area contributed by atoms with E-state index in [4.69, 9.17) is 14.2 Å². The maximum Gasteiger partial charge on any atom is 0.130 e. The molecule has 0 atom stereocenters. The molecule has 0 fully saturated rings. The minimum absolute atomic E-state index is 0.0724. The summed E-state index contributed by atoms with van der Waals surface area (Å²) in [5.41, 5.74) is 6.10. The van der Waals surface area contributed by atoms with E-state index in [9.17, 15) is 0 Å². The Kier molecular flexibility index (Phi) is 3.85. The van der Waals surface area contributed by atoms with Gasteiger partial charge in [-0.1, -0.05) is 48.5 Å². The summed E-state index contributed by atoms with van der Waals surface area (Å²) >= 11 is 0. The zero-order valence-electron chi connectivity index (χ0n) is 14.6. The van der Waals surface area contributed by atoms with Crippen LogP contribution < -0.4 is 14.2 Å². The molecule has 3 heteroatoms. The van der Waals surface area contributed by atoms with Gasteiger partial charge in [-0.15, -0.1) is 0 Å². The van der Waals surface area contributed by atoms with E-state index in [2.05, 4.69) is 48.5 Å². The van der Waals surface area contributed by atoms with Crippen LogP contribution in [-0.4, -0.2) is 21.3 Å². The van der Waals surface area contributed by atoms with Gasteiger partial charge in [-0.2, -0.15) is 0 Å². The van der Waals surface area contributed by atoms with Crippen molar-refractivity contribution < 1.29 is 14.2 Å². The minimum atomic E-state index is 0.0724. The van der Waals surface area contributed by atoms with Crippen LogP contribution in [0.3, 0.4) is 0 Å². The summed E-state index contributed by atoms with van der Waals surface area (Å²) in [6.07, 6.45) is 0. The molecular weight excluding hydrogens is 312 g/mol. The monoisotopic (exact) mass is 332 g/mol. The first-order valence-corrected chi connectivity index (χ1v) is 8.26. The van der Waals surface area contributed by atoms with Crippen LogP contribution in [0.4, 0.5) is 0 Å². The highest BCUT2D eigenvalue weighted by molar-refractivity contribution is 5.82. The molecule has 1 aliphatic carbocycles. The van der Waals surface area contributed by atoms with Gasteiger partial charge in [0.05, 0.1) is 21.3 Å². The summed E-state index contributed by atoms with van der Waals surface area (Å²) in [7, 11) is 5.02. The van der Waals surface area contributed by atoms with E-state index in [0.717, 1.165) is 22.8 Å². The molecule has 0 aliphatic heterocycles. The molecule has 0 saturated heterocycles. The smallest absolute Gasteiger partial charge is 0.130 e. The lowest BCUT2D eigenvalue weighted by atomic mass is 9.88. The largest absolute Gasteiger partial charge is 0.496 e. The fourth-order valence-electron chi connectivity index (χ4n) is 3.78. The fourth-order valence-corrected chi connectivity index (χ4v) is 3.78. The number of benzene rings is 3. The highest BCUT2D eigenvalue weighted by Crippen LogP contribution is 2.53. The first-order valence-electron chi connectivity index (χ1n) is 8.26. The van der Waals surface area contributed by atoms with E-state index in [-0.39, 0.29) is 5.92 Å². The molecular formula is C22H20O3. The Morgan fingerprint density at radius 2 is 1.12 bits per heavy atom. The van der Waals surface area contributed by atoms with Gasteiger partial charge in [0.1, 0.15) is 17.2 Å². The van der Waals surface area contributed by atoms with Crippen LogP contribution in [-0.2, 0) is 0 Å². The Morgan fingerprint density at radius 1 is 0.640 bits per heavy atom. The first kappa shape index (κ1) is 15.6. The van der Waals surface area contributed by atoms with Crippen LogP contribution in [0.2, 0.25) is 0 Å². The Balaban J connectivity index is 2.02. The second kappa shape index (κ2) is 6.17. The molecule has 0 aromatic heterocycles. The van der Waals surface area contributed by atoms with Crippen molar-refractivity contribution in [3.63, 3.8) is 0 Å². The predicted octanol–water partition coefficient (Wildman–Crippen LogP) is 4.87. The van der Waals surface area contributed by atoms with Crippen molar-refractivity contribution >= 4 is 0 Å². The van der Waals surface area contributed by atoms with Crippen molar-refractivity contribution in [2.45, 2.75) is 5.92 Å². The molecule has 0 amide bonds. The molecule has 0 heterocycles. The predicted molar refractivity (Wildman–Crippen MR) is 98.9 cm³/mol. The zero-order valence-corrected chi connectivity index (χ0v) is 14.6. The average molecular weight is 332 g/mol. The molecule has 25 heavy (non-hydrogen) atoms. The van der Waals surface area contributed by atoms with Gasteiger partial charge >= 0.3 is 0 Å². The normalized spacial score (nSPS) is 12.4. The first-order chi connectivity index (χ1) is 12.3. The third-order valence-corrected chi connectivity index (χ3v) is 4.88. The second-order valence-corrected chi connectivity index (χ2v) is 6.05. The maximum absolute atomic E-state index is 5.71. The quantitative estimate of drug-likeness (QED) is 0.533. The van der Waals surface area contributed by atoms with Gasteiger partial charge in [-0.25, -0.2) is 0 Å². The molecule has 0 saturated carbocycles. The lowest BCUT2D eigenvalue weighted by Gasteiger charge is -2.21. The molecule has 0 spiro atoms. The summed E-state index contributed by atoms with van der Waals surface area (Å²) in [5, 5.41) is 0. The molecule has 1 aliphatic rings. The van der Waals surface area contributed by atoms with Crippen molar-refractivity contribution in [1.29, 1.82) is 0 Å². The highest BCUT2D eigenvalue weighted by atomic mass is 16.5. The van der Waals surface area contributed by atoms with Gasteiger partial charge in [0, 0.05) is 23.6 Å². The van der Waals surface area contributed by atoms with Crippen molar-refractivity contribution in [3.8, 4) is 28.4 Å². The topological polar surface area (TPSA) is 27.7 Å². The SMILES string of the molecule is COc1cc(OC)c(C2c3ccccc3-c3ccccc32)c(OC)c1. The van der Waals surface area contributed by atoms with E-state index in [1.165, 1.54) is 22.3 Å². The van der Waals surface area contributed by atoms with Gasteiger partial charge in [0.25, 0.3) is 0 Å². The van der Waals surface area contributed by atoms with Crippen LogP contribution in [0, 0.1) is 0 Å². The summed E-state index contributed by atoms with van der Waals surface area (Å²) < 4.78 is 16.8.